The SMILES string of the molecule is C[C@H](C#N)N1C(=O)[C@H](CC(=O)O)O[C@@H](c2cccc(Cl)c2)[C@H]1c1ccc(Cl)cc1. The number of hydrogen-bond acceptors (Lipinski definition) is 4. The zero-order valence-corrected chi connectivity index (χ0v) is 17.0. The summed E-state index contributed by atoms with van der Waals surface area (Å²) in [5, 5.41) is 19.8. The van der Waals surface area contributed by atoms with Crippen LogP contribution in [0, 0.1) is 11.3 Å². The number of amides is 1. The van der Waals surface area contributed by atoms with Crippen LogP contribution in [0.1, 0.15) is 36.6 Å². The van der Waals surface area contributed by atoms with Crippen molar-refractivity contribution in [2.45, 2.75) is 37.6 Å². The lowest BCUT2D eigenvalue weighted by molar-refractivity contribution is -0.180. The average molecular weight is 433 g/mol. The quantitative estimate of drug-likeness (QED) is 0.756. The fourth-order valence-corrected chi connectivity index (χ4v) is 3.81. The first-order chi connectivity index (χ1) is 13.8. The molecule has 2 aromatic rings. The Labute approximate surface area is 178 Å². The van der Waals surface area contributed by atoms with Gasteiger partial charge in [0, 0.05) is 10.0 Å². The third-order valence-electron chi connectivity index (χ3n) is 4.78. The van der Waals surface area contributed by atoms with Gasteiger partial charge in [-0.05, 0) is 42.3 Å². The molecular formula is C21H18Cl2N2O4. The molecule has 0 bridgehead atoms. The first-order valence-electron chi connectivity index (χ1n) is 8.91. The molecule has 150 valence electrons. The summed E-state index contributed by atoms with van der Waals surface area (Å²) < 4.78 is 6.00. The molecule has 1 N–H and O–H groups in total. The normalized spacial score (nSPS) is 22.8. The summed E-state index contributed by atoms with van der Waals surface area (Å²) in [5.74, 6) is -1.71. The molecular weight excluding hydrogens is 415 g/mol. The minimum absolute atomic E-state index is 0.479. The predicted molar refractivity (Wildman–Crippen MR) is 107 cm³/mol. The van der Waals surface area contributed by atoms with Crippen molar-refractivity contribution in [1.29, 1.82) is 5.26 Å². The first-order valence-corrected chi connectivity index (χ1v) is 9.67. The van der Waals surface area contributed by atoms with Crippen molar-refractivity contribution in [3.8, 4) is 6.07 Å². The van der Waals surface area contributed by atoms with Crippen LogP contribution in [0.15, 0.2) is 48.5 Å². The third kappa shape index (κ3) is 4.54. The number of hydrogen-bond donors (Lipinski definition) is 1. The molecule has 1 heterocycles. The summed E-state index contributed by atoms with van der Waals surface area (Å²) in [5.41, 5.74) is 1.39. The maximum absolute atomic E-state index is 13.1. The Hall–Kier alpha value is -2.59. The molecule has 0 unspecified atom stereocenters. The van der Waals surface area contributed by atoms with Crippen LogP contribution in [0.25, 0.3) is 0 Å². The highest BCUT2D eigenvalue weighted by Crippen LogP contribution is 2.44. The van der Waals surface area contributed by atoms with Gasteiger partial charge in [0.05, 0.1) is 18.5 Å². The van der Waals surface area contributed by atoms with Crippen molar-refractivity contribution in [2.75, 3.05) is 0 Å². The molecule has 0 radical (unpaired) electrons. The highest BCUT2D eigenvalue weighted by Gasteiger charge is 2.46. The summed E-state index contributed by atoms with van der Waals surface area (Å²) in [7, 11) is 0. The fraction of sp³-hybridized carbons (Fsp3) is 0.286. The zero-order chi connectivity index (χ0) is 21.1. The number of benzene rings is 2. The van der Waals surface area contributed by atoms with E-state index in [4.69, 9.17) is 27.9 Å². The number of carboxylic acids is 1. The number of carboxylic acid groups (broad SMARTS) is 1. The minimum Gasteiger partial charge on any atom is -0.481 e. The van der Waals surface area contributed by atoms with Crippen LogP contribution in [-0.4, -0.2) is 34.0 Å². The predicted octanol–water partition coefficient (Wildman–Crippen LogP) is 4.39. The average Bonchev–Trinajstić information content (AvgIpc) is 2.69. The molecule has 0 aromatic heterocycles. The van der Waals surface area contributed by atoms with Gasteiger partial charge in [-0.3, -0.25) is 9.59 Å². The molecule has 1 saturated heterocycles. The molecule has 1 fully saturated rings. The largest absolute Gasteiger partial charge is 0.481 e. The van der Waals surface area contributed by atoms with E-state index in [0.717, 1.165) is 0 Å². The molecule has 0 spiro atoms. The Balaban J connectivity index is 2.16. The number of nitrogens with zero attached hydrogens (tertiary/aromatic N) is 2. The van der Waals surface area contributed by atoms with Crippen LogP contribution in [0.2, 0.25) is 10.0 Å². The van der Waals surface area contributed by atoms with Gasteiger partial charge in [-0.15, -0.1) is 0 Å². The van der Waals surface area contributed by atoms with Crippen molar-refractivity contribution < 1.29 is 19.4 Å². The van der Waals surface area contributed by atoms with Crippen LogP contribution in [-0.2, 0) is 14.3 Å². The number of morpholine rings is 1. The lowest BCUT2D eigenvalue weighted by Gasteiger charge is -2.45. The van der Waals surface area contributed by atoms with Gasteiger partial charge in [-0.1, -0.05) is 47.5 Å². The number of halogens is 2. The number of rotatable bonds is 5. The Morgan fingerprint density at radius 3 is 2.48 bits per heavy atom. The van der Waals surface area contributed by atoms with Gasteiger partial charge < -0.3 is 14.7 Å². The molecule has 29 heavy (non-hydrogen) atoms. The van der Waals surface area contributed by atoms with Crippen molar-refractivity contribution in [2.24, 2.45) is 0 Å². The molecule has 4 atom stereocenters. The van der Waals surface area contributed by atoms with E-state index in [0.29, 0.717) is 21.2 Å². The Kier molecular flexibility index (Phi) is 6.43. The molecule has 0 aliphatic carbocycles. The van der Waals surface area contributed by atoms with E-state index >= 15 is 0 Å². The lowest BCUT2D eigenvalue weighted by Crippen LogP contribution is -2.54. The van der Waals surface area contributed by atoms with E-state index in [9.17, 15) is 20.0 Å². The van der Waals surface area contributed by atoms with Gasteiger partial charge >= 0.3 is 5.97 Å². The van der Waals surface area contributed by atoms with Crippen molar-refractivity contribution >= 4 is 35.1 Å². The summed E-state index contributed by atoms with van der Waals surface area (Å²) in [4.78, 5) is 25.8. The second-order valence-electron chi connectivity index (χ2n) is 6.75. The van der Waals surface area contributed by atoms with Crippen LogP contribution in [0.3, 0.4) is 0 Å². The number of carbonyl (C=O) groups is 2. The molecule has 8 heteroatoms. The van der Waals surface area contributed by atoms with Gasteiger partial charge in [0.25, 0.3) is 5.91 Å². The van der Waals surface area contributed by atoms with Crippen molar-refractivity contribution in [1.82, 2.24) is 4.90 Å². The fourth-order valence-electron chi connectivity index (χ4n) is 3.49. The standard InChI is InChI=1S/C21H18Cl2N2O4/c1-12(11-24)25-19(13-5-7-15(22)8-6-13)20(14-3-2-4-16(23)9-14)29-17(21(25)28)10-18(26)27/h2-9,12,17,19-20H,10H2,1H3,(H,26,27)/t12-,17+,19-,20+/m1/s1. The topological polar surface area (TPSA) is 90.6 Å². The van der Waals surface area contributed by atoms with Crippen LogP contribution in [0.5, 0.6) is 0 Å². The monoisotopic (exact) mass is 432 g/mol. The van der Waals surface area contributed by atoms with Gasteiger partial charge in [0.2, 0.25) is 0 Å². The van der Waals surface area contributed by atoms with Gasteiger partial charge in [-0.2, -0.15) is 5.26 Å². The number of ether oxygens (including phenoxy) is 1. The maximum atomic E-state index is 13.1. The highest BCUT2D eigenvalue weighted by molar-refractivity contribution is 6.30. The Morgan fingerprint density at radius 2 is 1.90 bits per heavy atom. The maximum Gasteiger partial charge on any atom is 0.306 e. The van der Waals surface area contributed by atoms with Gasteiger partial charge in [0.1, 0.15) is 18.2 Å². The number of nitriles is 1. The number of carbonyl (C=O) groups excluding carboxylic acids is 1. The molecule has 1 amide bonds. The molecule has 0 saturated carbocycles. The second-order valence-corrected chi connectivity index (χ2v) is 7.62. The Bertz CT molecular complexity index is 958. The first kappa shape index (κ1) is 21.1. The molecule has 2 aromatic carbocycles. The van der Waals surface area contributed by atoms with Crippen LogP contribution in [0.4, 0.5) is 0 Å². The number of aliphatic carboxylic acids is 1. The molecule has 3 rings (SSSR count). The van der Waals surface area contributed by atoms with E-state index in [1.54, 1.807) is 55.5 Å². The summed E-state index contributed by atoms with van der Waals surface area (Å²) in [6.07, 6.45) is -2.43. The van der Waals surface area contributed by atoms with Crippen LogP contribution < -0.4 is 0 Å². The van der Waals surface area contributed by atoms with Gasteiger partial charge in [-0.25, -0.2) is 0 Å². The van der Waals surface area contributed by atoms with E-state index in [1.165, 1.54) is 4.90 Å². The summed E-state index contributed by atoms with van der Waals surface area (Å²) >= 11 is 12.2. The zero-order valence-electron chi connectivity index (χ0n) is 15.5. The lowest BCUT2D eigenvalue weighted by atomic mass is 9.90. The summed E-state index contributed by atoms with van der Waals surface area (Å²) in [6.45, 7) is 1.60. The van der Waals surface area contributed by atoms with E-state index in [1.807, 2.05) is 0 Å². The van der Waals surface area contributed by atoms with E-state index in [2.05, 4.69) is 6.07 Å². The highest BCUT2D eigenvalue weighted by atomic mass is 35.5. The summed E-state index contributed by atoms with van der Waals surface area (Å²) in [6, 6.07) is 14.5. The van der Waals surface area contributed by atoms with E-state index < -0.39 is 42.6 Å². The molecule has 1 aliphatic heterocycles. The molecule has 1 aliphatic rings. The Morgan fingerprint density at radius 1 is 1.21 bits per heavy atom. The van der Waals surface area contributed by atoms with Crippen molar-refractivity contribution in [3.63, 3.8) is 0 Å². The van der Waals surface area contributed by atoms with Gasteiger partial charge in [0.15, 0.2) is 0 Å². The second kappa shape index (κ2) is 8.83. The smallest absolute Gasteiger partial charge is 0.306 e. The third-order valence-corrected chi connectivity index (χ3v) is 5.27. The molecule has 6 nitrogen and oxygen atoms in total. The van der Waals surface area contributed by atoms with Crippen LogP contribution >= 0.6 is 23.2 Å². The van der Waals surface area contributed by atoms with Crippen molar-refractivity contribution in [3.05, 3.63) is 69.7 Å². The minimum atomic E-state index is -1.21. The van der Waals surface area contributed by atoms with E-state index in [-0.39, 0.29) is 0 Å².